The lowest BCUT2D eigenvalue weighted by molar-refractivity contribution is 0.0684. The van der Waals surface area contributed by atoms with Crippen molar-refractivity contribution < 1.29 is 14.3 Å². The largest absolute Gasteiger partial charge is 0.497 e. The van der Waals surface area contributed by atoms with Gasteiger partial charge >= 0.3 is 0 Å². The molecular weight excluding hydrogens is 330 g/mol. The average molecular weight is 343 g/mol. The summed E-state index contributed by atoms with van der Waals surface area (Å²) in [5, 5.41) is 0. The number of amides is 2. The number of benzene rings is 2. The second-order valence-electron chi connectivity index (χ2n) is 4.87. The maximum atomic E-state index is 12.3. The summed E-state index contributed by atoms with van der Waals surface area (Å²) >= 11 is 6.66. The van der Waals surface area contributed by atoms with Crippen LogP contribution in [0.15, 0.2) is 48.5 Å². The van der Waals surface area contributed by atoms with E-state index in [0.717, 1.165) is 11.3 Å². The van der Waals surface area contributed by atoms with Crippen LogP contribution in [-0.2, 0) is 0 Å². The van der Waals surface area contributed by atoms with Crippen LogP contribution in [0.5, 0.6) is 5.75 Å². The Morgan fingerprint density at radius 1 is 1.04 bits per heavy atom. The third-order valence-corrected chi connectivity index (χ3v) is 5.00. The number of rotatable bonds is 4. The number of hydrogen-bond donors (Lipinski definition) is 0. The van der Waals surface area contributed by atoms with Crippen molar-refractivity contribution in [1.82, 2.24) is 4.90 Å². The molecule has 0 fully saturated rings. The normalized spacial score (nSPS) is 13.2. The molecule has 1 heterocycles. The second-order valence-corrected chi connectivity index (χ2v) is 6.50. The third-order valence-electron chi connectivity index (χ3n) is 3.53. The first kappa shape index (κ1) is 15.7. The maximum absolute atomic E-state index is 12.3. The minimum atomic E-state index is -0.268. The summed E-state index contributed by atoms with van der Waals surface area (Å²) in [4.78, 5) is 25.8. The quantitative estimate of drug-likeness (QED) is 0.629. The number of thioether (sulfide) groups is 1. The molecule has 2 amide bonds. The van der Waals surface area contributed by atoms with Crippen molar-refractivity contribution >= 4 is 40.0 Å². The number of fused-ring (bicyclic) bond motifs is 1. The van der Waals surface area contributed by atoms with Crippen LogP contribution in [0.3, 0.4) is 0 Å². The molecule has 0 saturated heterocycles. The fraction of sp³-hybridized carbons (Fsp3) is 0.118. The van der Waals surface area contributed by atoms with Crippen molar-refractivity contribution in [3.05, 3.63) is 65.2 Å². The summed E-state index contributed by atoms with van der Waals surface area (Å²) in [5.74, 6) is 0.421. The minimum Gasteiger partial charge on any atom is -0.497 e. The van der Waals surface area contributed by atoms with Crippen LogP contribution in [0.1, 0.15) is 26.3 Å². The van der Waals surface area contributed by atoms with Gasteiger partial charge in [0.05, 0.1) is 28.3 Å². The Morgan fingerprint density at radius 3 is 2.13 bits per heavy atom. The summed E-state index contributed by atoms with van der Waals surface area (Å²) in [6.07, 6.45) is 0. The van der Waals surface area contributed by atoms with Gasteiger partial charge in [-0.2, -0.15) is 0 Å². The number of thiocarbonyl (C=S) groups is 1. The number of ether oxygens (including phenoxy) is 1. The van der Waals surface area contributed by atoms with Crippen LogP contribution < -0.4 is 4.74 Å². The van der Waals surface area contributed by atoms with Gasteiger partial charge in [-0.05, 0) is 42.0 Å². The smallest absolute Gasteiger partial charge is 0.262 e. The van der Waals surface area contributed by atoms with Gasteiger partial charge in [-0.1, -0.05) is 36.1 Å². The van der Waals surface area contributed by atoms with Crippen LogP contribution in [0.2, 0.25) is 0 Å². The third kappa shape index (κ3) is 3.00. The highest BCUT2D eigenvalue weighted by atomic mass is 32.2. The molecule has 3 rings (SSSR count). The predicted molar refractivity (Wildman–Crippen MR) is 94.1 cm³/mol. The lowest BCUT2D eigenvalue weighted by Crippen LogP contribution is -2.29. The first-order valence-corrected chi connectivity index (χ1v) is 8.27. The van der Waals surface area contributed by atoms with E-state index in [0.29, 0.717) is 15.3 Å². The fourth-order valence-electron chi connectivity index (χ4n) is 2.29. The Morgan fingerprint density at radius 2 is 1.61 bits per heavy atom. The minimum absolute atomic E-state index is 0.206. The average Bonchev–Trinajstić information content (AvgIpc) is 2.84. The van der Waals surface area contributed by atoms with Gasteiger partial charge in [-0.15, -0.1) is 0 Å². The van der Waals surface area contributed by atoms with Gasteiger partial charge in [0.1, 0.15) is 5.75 Å². The topological polar surface area (TPSA) is 46.6 Å². The Hall–Kier alpha value is -2.18. The van der Waals surface area contributed by atoms with Crippen LogP contribution >= 0.6 is 24.0 Å². The number of hydrogen-bond acceptors (Lipinski definition) is 5. The van der Waals surface area contributed by atoms with E-state index >= 15 is 0 Å². The zero-order valence-corrected chi connectivity index (χ0v) is 13.9. The first-order valence-electron chi connectivity index (χ1n) is 6.88. The molecule has 0 spiro atoms. The van der Waals surface area contributed by atoms with Gasteiger partial charge in [0.15, 0.2) is 0 Å². The summed E-state index contributed by atoms with van der Waals surface area (Å²) < 4.78 is 5.74. The van der Waals surface area contributed by atoms with Gasteiger partial charge in [0, 0.05) is 0 Å². The van der Waals surface area contributed by atoms with Crippen molar-refractivity contribution in [2.24, 2.45) is 0 Å². The van der Waals surface area contributed by atoms with E-state index in [4.69, 9.17) is 17.0 Å². The SMILES string of the molecule is COc1ccc(C(=S)SCN2C(=O)c3ccccc3C2=O)cc1. The molecule has 2 aromatic rings. The molecule has 0 radical (unpaired) electrons. The molecule has 0 aliphatic carbocycles. The van der Waals surface area contributed by atoms with Crippen LogP contribution in [-0.4, -0.2) is 33.9 Å². The van der Waals surface area contributed by atoms with Gasteiger partial charge in [0.25, 0.3) is 11.8 Å². The summed E-state index contributed by atoms with van der Waals surface area (Å²) in [7, 11) is 1.60. The summed E-state index contributed by atoms with van der Waals surface area (Å²) in [6.45, 7) is 0. The molecule has 2 aromatic carbocycles. The molecule has 0 atom stereocenters. The van der Waals surface area contributed by atoms with Crippen LogP contribution in [0, 0.1) is 0 Å². The number of nitrogens with zero attached hydrogens (tertiary/aromatic N) is 1. The molecule has 0 unspecified atom stereocenters. The van der Waals surface area contributed by atoms with Crippen molar-refractivity contribution in [3.8, 4) is 5.75 Å². The van der Waals surface area contributed by atoms with Crippen molar-refractivity contribution in [2.45, 2.75) is 0 Å². The van der Waals surface area contributed by atoms with Crippen molar-refractivity contribution in [2.75, 3.05) is 13.0 Å². The predicted octanol–water partition coefficient (Wildman–Crippen LogP) is 3.36. The van der Waals surface area contributed by atoms with E-state index < -0.39 is 0 Å². The molecule has 0 bridgehead atoms. The first-order chi connectivity index (χ1) is 11.1. The molecular formula is C17H13NO3S2. The van der Waals surface area contributed by atoms with Gasteiger partial charge < -0.3 is 4.74 Å². The number of imide groups is 1. The molecule has 1 aliphatic heterocycles. The lowest BCUT2D eigenvalue weighted by atomic mass is 10.1. The zero-order chi connectivity index (χ0) is 16.4. The summed E-state index contributed by atoms with van der Waals surface area (Å²) in [5.41, 5.74) is 1.77. The van der Waals surface area contributed by atoms with E-state index in [1.165, 1.54) is 16.7 Å². The van der Waals surface area contributed by atoms with Gasteiger partial charge in [0.2, 0.25) is 0 Å². The van der Waals surface area contributed by atoms with Crippen molar-refractivity contribution in [1.29, 1.82) is 0 Å². The Bertz CT molecular complexity index is 752. The van der Waals surface area contributed by atoms with Gasteiger partial charge in [-0.25, -0.2) is 0 Å². The molecule has 0 saturated carbocycles. The number of methoxy groups -OCH3 is 1. The fourth-order valence-corrected chi connectivity index (χ4v) is 3.37. The summed E-state index contributed by atoms with van der Waals surface area (Å²) in [6, 6.07) is 14.2. The van der Waals surface area contributed by atoms with Crippen LogP contribution in [0.25, 0.3) is 0 Å². The molecule has 1 aliphatic rings. The molecule has 6 heteroatoms. The zero-order valence-electron chi connectivity index (χ0n) is 12.3. The molecule has 0 N–H and O–H groups in total. The highest BCUT2D eigenvalue weighted by Gasteiger charge is 2.35. The van der Waals surface area contributed by atoms with Crippen molar-refractivity contribution in [3.63, 3.8) is 0 Å². The Kier molecular flexibility index (Phi) is 4.45. The molecule has 23 heavy (non-hydrogen) atoms. The van der Waals surface area contributed by atoms with E-state index in [9.17, 15) is 9.59 Å². The van der Waals surface area contributed by atoms with E-state index in [1.54, 1.807) is 31.4 Å². The monoisotopic (exact) mass is 343 g/mol. The van der Waals surface area contributed by atoms with E-state index in [2.05, 4.69) is 0 Å². The van der Waals surface area contributed by atoms with Gasteiger partial charge in [-0.3, -0.25) is 14.5 Å². The standard InChI is InChI=1S/C17H13NO3S2/c1-21-12-8-6-11(7-9-12)17(22)23-10-18-15(19)13-4-2-3-5-14(13)16(18)20/h2-9H,10H2,1H3. The Balaban J connectivity index is 1.68. The second kappa shape index (κ2) is 6.52. The molecule has 0 aromatic heterocycles. The van der Waals surface area contributed by atoms with E-state index in [1.807, 2.05) is 24.3 Å². The van der Waals surface area contributed by atoms with Crippen LogP contribution in [0.4, 0.5) is 0 Å². The number of carbonyl (C=O) groups excluding carboxylic acids is 2. The molecule has 116 valence electrons. The lowest BCUT2D eigenvalue weighted by Gasteiger charge is -2.13. The number of carbonyl (C=O) groups is 2. The Labute approximate surface area is 143 Å². The van der Waals surface area contributed by atoms with E-state index in [-0.39, 0.29) is 17.7 Å². The molecule has 4 nitrogen and oxygen atoms in total. The highest BCUT2D eigenvalue weighted by Crippen LogP contribution is 2.26. The highest BCUT2D eigenvalue weighted by molar-refractivity contribution is 8.23. The maximum Gasteiger partial charge on any atom is 0.262 e.